The number of hydrogen-bond donors (Lipinski definition) is 3. The number of aliphatic hydroxyl groups is 3. The minimum Gasteiger partial charge on any atom is -0.393 e. The van der Waals surface area contributed by atoms with Gasteiger partial charge >= 0.3 is 6.18 Å². The number of alkyl halides is 3. The molecule has 5 rings (SSSR count). The summed E-state index contributed by atoms with van der Waals surface area (Å²) in [6.07, 6.45) is 0.629. The van der Waals surface area contributed by atoms with Gasteiger partial charge in [-0.05, 0) is 110 Å². The van der Waals surface area contributed by atoms with Crippen molar-refractivity contribution in [2.45, 2.75) is 109 Å². The maximum absolute atomic E-state index is 13.6. The van der Waals surface area contributed by atoms with Gasteiger partial charge in [0.1, 0.15) is 0 Å². The third-order valence-corrected chi connectivity index (χ3v) is 12.2. The molecule has 0 heterocycles. The van der Waals surface area contributed by atoms with Crippen molar-refractivity contribution in [3.63, 3.8) is 0 Å². The normalized spacial score (nSPS) is 44.3. The Kier molecular flexibility index (Phi) is 7.06. The molecule has 11 atom stereocenters. The maximum Gasteiger partial charge on any atom is 0.417 e. The van der Waals surface area contributed by atoms with Gasteiger partial charge in [0.05, 0.1) is 12.2 Å². The summed E-state index contributed by atoms with van der Waals surface area (Å²) in [5, 5.41) is 32.4. The van der Waals surface area contributed by atoms with E-state index in [1.807, 2.05) is 30.3 Å². The van der Waals surface area contributed by atoms with Crippen LogP contribution in [0.2, 0.25) is 0 Å². The molecule has 0 bridgehead atoms. The number of fused-ring (bicyclic) bond motifs is 5. The maximum atomic E-state index is 13.6. The van der Waals surface area contributed by atoms with Gasteiger partial charge in [-0.2, -0.15) is 13.2 Å². The number of benzene rings is 1. The summed E-state index contributed by atoms with van der Waals surface area (Å²) < 4.78 is 40.9. The standard InChI is InChI=1S/C31H45F3O3/c1-19(26(35)17-27(36)20-7-5-4-6-8-20)23-11-12-24-22-10-9-21-18-30(37,31(32,33)34)16-15-28(21,2)25(22)13-14-29(23,24)3/h4-8,19,21-27,35-37H,9-18H2,1-3H3/t19-,21-,22-,23+,24-,25-,26+,27-,28?,29?,30-/m0/s1. The highest BCUT2D eigenvalue weighted by Gasteiger charge is 2.65. The largest absolute Gasteiger partial charge is 0.417 e. The fourth-order valence-corrected chi connectivity index (χ4v) is 9.93. The first kappa shape index (κ1) is 27.5. The molecule has 4 fully saturated rings. The van der Waals surface area contributed by atoms with Gasteiger partial charge in [0.15, 0.2) is 5.60 Å². The molecule has 0 spiro atoms. The highest BCUT2D eigenvalue weighted by atomic mass is 19.4. The van der Waals surface area contributed by atoms with E-state index in [2.05, 4.69) is 20.8 Å². The molecule has 3 nitrogen and oxygen atoms in total. The van der Waals surface area contributed by atoms with Crippen LogP contribution in [0.25, 0.3) is 0 Å². The molecule has 0 amide bonds. The minimum atomic E-state index is -4.56. The zero-order valence-electron chi connectivity index (χ0n) is 22.6. The lowest BCUT2D eigenvalue weighted by Gasteiger charge is -2.62. The van der Waals surface area contributed by atoms with Crippen LogP contribution in [-0.2, 0) is 0 Å². The van der Waals surface area contributed by atoms with Crippen LogP contribution < -0.4 is 0 Å². The molecular weight excluding hydrogens is 477 g/mol. The average Bonchev–Trinajstić information content (AvgIpc) is 3.21. The molecule has 1 aromatic rings. The topological polar surface area (TPSA) is 60.7 Å². The van der Waals surface area contributed by atoms with Gasteiger partial charge in [-0.15, -0.1) is 0 Å². The summed E-state index contributed by atoms with van der Waals surface area (Å²) in [7, 11) is 0. The van der Waals surface area contributed by atoms with Crippen molar-refractivity contribution in [2.24, 2.45) is 46.3 Å². The molecule has 0 aromatic heterocycles. The number of rotatable bonds is 5. The lowest BCUT2D eigenvalue weighted by Crippen LogP contribution is -2.59. The minimum absolute atomic E-state index is 0.0732. The number of hydrogen-bond acceptors (Lipinski definition) is 3. The van der Waals surface area contributed by atoms with Crippen molar-refractivity contribution < 1.29 is 28.5 Å². The Morgan fingerprint density at radius 2 is 1.57 bits per heavy atom. The Labute approximate surface area is 219 Å². The Morgan fingerprint density at radius 1 is 0.892 bits per heavy atom. The fourth-order valence-electron chi connectivity index (χ4n) is 9.93. The third-order valence-electron chi connectivity index (χ3n) is 12.2. The SMILES string of the molecule is C[C@H]([C@H](O)C[C@H](O)c1ccccc1)[C@H]1CC[C@H]2[C@@H]3CC[C@H]4C[C@](O)(C(F)(F)F)CCC4(C)[C@H]3CCC12C. The molecule has 1 aromatic carbocycles. The third kappa shape index (κ3) is 4.47. The quantitative estimate of drug-likeness (QED) is 0.388. The Bertz CT molecular complexity index is 953. The van der Waals surface area contributed by atoms with Crippen LogP contribution in [0.3, 0.4) is 0 Å². The summed E-state index contributed by atoms with van der Waals surface area (Å²) >= 11 is 0. The lowest BCUT2D eigenvalue weighted by molar-refractivity contribution is -0.290. The van der Waals surface area contributed by atoms with Crippen molar-refractivity contribution >= 4 is 0 Å². The molecule has 6 heteroatoms. The van der Waals surface area contributed by atoms with E-state index in [1.54, 1.807) is 0 Å². The molecule has 0 saturated heterocycles. The first-order valence-corrected chi connectivity index (χ1v) is 14.5. The van der Waals surface area contributed by atoms with Gasteiger partial charge in [-0.25, -0.2) is 0 Å². The zero-order chi connectivity index (χ0) is 26.8. The van der Waals surface area contributed by atoms with Crippen molar-refractivity contribution in [3.8, 4) is 0 Å². The Morgan fingerprint density at radius 3 is 2.24 bits per heavy atom. The fraction of sp³-hybridized carbons (Fsp3) is 0.806. The first-order valence-electron chi connectivity index (χ1n) is 14.5. The summed E-state index contributed by atoms with van der Waals surface area (Å²) in [6.45, 7) is 6.76. The molecular formula is C31H45F3O3. The second kappa shape index (κ2) is 9.52. The summed E-state index contributed by atoms with van der Waals surface area (Å²) in [4.78, 5) is 0. The van der Waals surface area contributed by atoms with Gasteiger partial charge in [0, 0.05) is 6.42 Å². The van der Waals surface area contributed by atoms with E-state index in [9.17, 15) is 28.5 Å². The monoisotopic (exact) mass is 522 g/mol. The summed E-state index contributed by atoms with van der Waals surface area (Å²) in [5.74, 6) is 1.85. The smallest absolute Gasteiger partial charge is 0.393 e. The highest BCUT2D eigenvalue weighted by Crippen LogP contribution is 2.69. The average molecular weight is 523 g/mol. The van der Waals surface area contributed by atoms with E-state index in [-0.39, 0.29) is 35.5 Å². The van der Waals surface area contributed by atoms with Crippen molar-refractivity contribution in [1.82, 2.24) is 0 Å². The van der Waals surface area contributed by atoms with Crippen molar-refractivity contribution in [3.05, 3.63) is 35.9 Å². The predicted molar refractivity (Wildman–Crippen MR) is 137 cm³/mol. The van der Waals surface area contributed by atoms with Crippen molar-refractivity contribution in [1.29, 1.82) is 0 Å². The first-order chi connectivity index (χ1) is 17.3. The van der Waals surface area contributed by atoms with Crippen LogP contribution >= 0.6 is 0 Å². The van der Waals surface area contributed by atoms with Gasteiger partial charge in [0.2, 0.25) is 0 Å². The summed E-state index contributed by atoms with van der Waals surface area (Å²) in [5.41, 5.74) is -1.71. The molecule has 208 valence electrons. The van der Waals surface area contributed by atoms with Crippen LogP contribution in [0.4, 0.5) is 13.2 Å². The van der Waals surface area contributed by atoms with E-state index < -0.39 is 24.0 Å². The second-order valence-corrected chi connectivity index (χ2v) is 13.7. The molecule has 2 unspecified atom stereocenters. The van der Waals surface area contributed by atoms with E-state index in [1.165, 1.54) is 0 Å². The predicted octanol–water partition coefficient (Wildman–Crippen LogP) is 7.06. The molecule has 4 saturated carbocycles. The Balaban J connectivity index is 1.28. The highest BCUT2D eigenvalue weighted by molar-refractivity contribution is 5.18. The van der Waals surface area contributed by atoms with E-state index in [0.29, 0.717) is 36.5 Å². The zero-order valence-corrected chi connectivity index (χ0v) is 22.6. The van der Waals surface area contributed by atoms with E-state index in [4.69, 9.17) is 0 Å². The second-order valence-electron chi connectivity index (χ2n) is 13.7. The Hall–Kier alpha value is -1.11. The van der Waals surface area contributed by atoms with Crippen LogP contribution in [-0.4, -0.2) is 33.2 Å². The molecule has 4 aliphatic carbocycles. The van der Waals surface area contributed by atoms with Gasteiger partial charge < -0.3 is 15.3 Å². The van der Waals surface area contributed by atoms with E-state index >= 15 is 0 Å². The summed E-state index contributed by atoms with van der Waals surface area (Å²) in [6, 6.07) is 9.52. The van der Waals surface area contributed by atoms with Crippen LogP contribution in [0.1, 0.15) is 96.6 Å². The lowest BCUT2D eigenvalue weighted by atomic mass is 9.43. The molecule has 4 aliphatic rings. The van der Waals surface area contributed by atoms with Crippen molar-refractivity contribution in [2.75, 3.05) is 0 Å². The molecule has 3 N–H and O–H groups in total. The van der Waals surface area contributed by atoms with Crippen LogP contribution in [0, 0.1) is 46.3 Å². The van der Waals surface area contributed by atoms with Crippen LogP contribution in [0.15, 0.2) is 30.3 Å². The van der Waals surface area contributed by atoms with Gasteiger partial charge in [-0.1, -0.05) is 51.1 Å². The molecule has 37 heavy (non-hydrogen) atoms. The van der Waals surface area contributed by atoms with Gasteiger partial charge in [0.25, 0.3) is 0 Å². The number of aliphatic hydroxyl groups excluding tert-OH is 2. The number of halogens is 3. The van der Waals surface area contributed by atoms with Gasteiger partial charge in [-0.3, -0.25) is 0 Å². The molecule has 0 aliphatic heterocycles. The van der Waals surface area contributed by atoms with E-state index in [0.717, 1.165) is 44.1 Å². The molecule has 0 radical (unpaired) electrons. The van der Waals surface area contributed by atoms with Crippen LogP contribution in [0.5, 0.6) is 0 Å².